The van der Waals surface area contributed by atoms with Crippen LogP contribution in [0.1, 0.15) is 25.7 Å². The average molecular weight is 267 g/mol. The van der Waals surface area contributed by atoms with E-state index in [2.05, 4.69) is 10.2 Å². The number of rotatable bonds is 2. The first-order chi connectivity index (χ1) is 9.13. The van der Waals surface area contributed by atoms with Crippen LogP contribution in [0.5, 0.6) is 0 Å². The standard InChI is InChI=1S/C14H19F2N3/c15-9-6-12(16)14(17)13(7-9)18-10-3-5-19-4-1-2-11(19)8-10/h6-7,10-11,18H,1-5,8,17H2. The number of piperidine rings is 1. The molecule has 3 rings (SSSR count). The monoisotopic (exact) mass is 267 g/mol. The van der Waals surface area contributed by atoms with Crippen molar-refractivity contribution in [2.45, 2.75) is 37.8 Å². The van der Waals surface area contributed by atoms with Crippen LogP contribution >= 0.6 is 0 Å². The van der Waals surface area contributed by atoms with Gasteiger partial charge in [0.05, 0.1) is 11.4 Å². The number of benzene rings is 1. The second kappa shape index (κ2) is 4.96. The van der Waals surface area contributed by atoms with Crippen molar-refractivity contribution in [1.82, 2.24) is 4.90 Å². The summed E-state index contributed by atoms with van der Waals surface area (Å²) < 4.78 is 26.6. The average Bonchev–Trinajstić information content (AvgIpc) is 2.82. The molecule has 3 N–H and O–H groups in total. The smallest absolute Gasteiger partial charge is 0.151 e. The van der Waals surface area contributed by atoms with E-state index in [0.717, 1.165) is 25.5 Å². The molecule has 2 atom stereocenters. The highest BCUT2D eigenvalue weighted by Gasteiger charge is 2.31. The largest absolute Gasteiger partial charge is 0.395 e. The van der Waals surface area contributed by atoms with Gasteiger partial charge in [-0.15, -0.1) is 0 Å². The Morgan fingerprint density at radius 3 is 2.89 bits per heavy atom. The number of halogens is 2. The van der Waals surface area contributed by atoms with E-state index in [1.807, 2.05) is 0 Å². The van der Waals surface area contributed by atoms with Gasteiger partial charge < -0.3 is 16.0 Å². The fourth-order valence-corrected chi connectivity index (χ4v) is 3.28. The van der Waals surface area contributed by atoms with E-state index in [1.54, 1.807) is 0 Å². The Kier molecular flexibility index (Phi) is 3.31. The molecular weight excluding hydrogens is 248 g/mol. The van der Waals surface area contributed by atoms with Gasteiger partial charge in [-0.1, -0.05) is 0 Å². The second-order valence-electron chi connectivity index (χ2n) is 5.55. The van der Waals surface area contributed by atoms with Crippen molar-refractivity contribution in [2.24, 2.45) is 0 Å². The van der Waals surface area contributed by atoms with Crippen molar-refractivity contribution in [3.63, 3.8) is 0 Å². The lowest BCUT2D eigenvalue weighted by atomic mass is 9.97. The van der Waals surface area contributed by atoms with Gasteiger partial charge in [0, 0.05) is 24.7 Å². The first-order valence-electron chi connectivity index (χ1n) is 6.88. The van der Waals surface area contributed by atoms with Crippen molar-refractivity contribution in [3.8, 4) is 0 Å². The molecule has 0 aromatic heterocycles. The molecule has 0 aliphatic carbocycles. The van der Waals surface area contributed by atoms with Gasteiger partial charge in [-0.2, -0.15) is 0 Å². The summed E-state index contributed by atoms with van der Waals surface area (Å²) in [6.45, 7) is 2.24. The van der Waals surface area contributed by atoms with E-state index < -0.39 is 11.6 Å². The Labute approximate surface area is 111 Å². The van der Waals surface area contributed by atoms with Crippen LogP contribution < -0.4 is 11.1 Å². The highest BCUT2D eigenvalue weighted by Crippen LogP contribution is 2.30. The zero-order valence-corrected chi connectivity index (χ0v) is 10.8. The van der Waals surface area contributed by atoms with Crippen LogP contribution in [0.15, 0.2) is 12.1 Å². The third-order valence-corrected chi connectivity index (χ3v) is 4.27. The third kappa shape index (κ3) is 2.52. The summed E-state index contributed by atoms with van der Waals surface area (Å²) in [5, 5.41) is 3.21. The molecule has 19 heavy (non-hydrogen) atoms. The summed E-state index contributed by atoms with van der Waals surface area (Å²) in [5.41, 5.74) is 6.05. The van der Waals surface area contributed by atoms with Gasteiger partial charge in [-0.25, -0.2) is 8.78 Å². The molecule has 2 unspecified atom stereocenters. The Bertz CT molecular complexity index is 478. The van der Waals surface area contributed by atoms with E-state index in [-0.39, 0.29) is 11.7 Å². The van der Waals surface area contributed by atoms with Gasteiger partial charge in [0.1, 0.15) is 5.82 Å². The molecule has 0 radical (unpaired) electrons. The van der Waals surface area contributed by atoms with Gasteiger partial charge in [0.15, 0.2) is 5.82 Å². The number of nitrogens with two attached hydrogens (primary N) is 1. The molecule has 1 aromatic carbocycles. The topological polar surface area (TPSA) is 41.3 Å². The van der Waals surface area contributed by atoms with Crippen LogP contribution in [0.3, 0.4) is 0 Å². The Balaban J connectivity index is 1.71. The minimum Gasteiger partial charge on any atom is -0.395 e. The molecule has 5 heteroatoms. The fraction of sp³-hybridized carbons (Fsp3) is 0.571. The molecule has 3 nitrogen and oxygen atoms in total. The van der Waals surface area contributed by atoms with Crippen molar-refractivity contribution in [1.29, 1.82) is 0 Å². The molecule has 2 fully saturated rings. The molecule has 1 aromatic rings. The van der Waals surface area contributed by atoms with Gasteiger partial charge >= 0.3 is 0 Å². The van der Waals surface area contributed by atoms with E-state index in [4.69, 9.17) is 5.73 Å². The maximum absolute atomic E-state index is 13.4. The number of hydrogen-bond acceptors (Lipinski definition) is 3. The predicted molar refractivity (Wildman–Crippen MR) is 72.0 cm³/mol. The Hall–Kier alpha value is -1.36. The van der Waals surface area contributed by atoms with Crippen molar-refractivity contribution in [2.75, 3.05) is 24.1 Å². The normalized spacial score (nSPS) is 27.3. The number of fused-ring (bicyclic) bond motifs is 1. The summed E-state index contributed by atoms with van der Waals surface area (Å²) in [4.78, 5) is 2.51. The molecule has 0 amide bonds. The summed E-state index contributed by atoms with van der Waals surface area (Å²) >= 11 is 0. The van der Waals surface area contributed by atoms with Crippen LogP contribution in [0, 0.1) is 11.6 Å². The molecule has 0 saturated carbocycles. The van der Waals surface area contributed by atoms with Crippen LogP contribution in [-0.2, 0) is 0 Å². The van der Waals surface area contributed by atoms with Gasteiger partial charge in [0.25, 0.3) is 0 Å². The zero-order valence-electron chi connectivity index (χ0n) is 10.8. The third-order valence-electron chi connectivity index (χ3n) is 4.27. The minimum atomic E-state index is -0.694. The molecular formula is C14H19F2N3. The lowest BCUT2D eigenvalue weighted by Gasteiger charge is -2.35. The maximum Gasteiger partial charge on any atom is 0.151 e. The first-order valence-corrected chi connectivity index (χ1v) is 6.88. The number of nitrogen functional groups attached to an aromatic ring is 1. The lowest BCUT2D eigenvalue weighted by molar-refractivity contribution is 0.188. The first kappa shape index (κ1) is 12.7. The SMILES string of the molecule is Nc1c(F)cc(F)cc1NC1CCN2CCCC2C1. The molecule has 2 aliphatic rings. The number of nitrogens with one attached hydrogen (secondary N) is 1. The highest BCUT2D eigenvalue weighted by molar-refractivity contribution is 5.67. The fourth-order valence-electron chi connectivity index (χ4n) is 3.28. The molecule has 0 spiro atoms. The van der Waals surface area contributed by atoms with Gasteiger partial charge in [0.2, 0.25) is 0 Å². The van der Waals surface area contributed by atoms with Crippen LogP contribution in [-0.4, -0.2) is 30.1 Å². The van der Waals surface area contributed by atoms with E-state index >= 15 is 0 Å². The number of hydrogen-bond donors (Lipinski definition) is 2. The lowest BCUT2D eigenvalue weighted by Crippen LogP contribution is -2.42. The summed E-state index contributed by atoms with van der Waals surface area (Å²) in [7, 11) is 0. The molecule has 0 bridgehead atoms. The summed E-state index contributed by atoms with van der Waals surface area (Å²) in [6.07, 6.45) is 4.50. The second-order valence-corrected chi connectivity index (χ2v) is 5.55. The predicted octanol–water partition coefficient (Wildman–Crippen LogP) is 2.59. The molecule has 2 aliphatic heterocycles. The zero-order chi connectivity index (χ0) is 13.4. The molecule has 2 heterocycles. The number of nitrogens with zero attached hydrogens (tertiary/aromatic N) is 1. The van der Waals surface area contributed by atoms with E-state index in [9.17, 15) is 8.78 Å². The van der Waals surface area contributed by atoms with Crippen LogP contribution in [0.25, 0.3) is 0 Å². The Morgan fingerprint density at radius 2 is 2.05 bits per heavy atom. The van der Waals surface area contributed by atoms with E-state index in [1.165, 1.54) is 25.5 Å². The quantitative estimate of drug-likeness (QED) is 0.809. The van der Waals surface area contributed by atoms with Gasteiger partial charge in [-0.05, 0) is 38.3 Å². The minimum absolute atomic E-state index is 0.00949. The molecule has 2 saturated heterocycles. The molecule has 104 valence electrons. The van der Waals surface area contributed by atoms with Crippen LogP contribution in [0.2, 0.25) is 0 Å². The highest BCUT2D eigenvalue weighted by atomic mass is 19.1. The van der Waals surface area contributed by atoms with E-state index in [0.29, 0.717) is 11.7 Å². The van der Waals surface area contributed by atoms with Crippen molar-refractivity contribution >= 4 is 11.4 Å². The maximum atomic E-state index is 13.4. The Morgan fingerprint density at radius 1 is 1.21 bits per heavy atom. The summed E-state index contributed by atoms with van der Waals surface area (Å²) in [6, 6.07) is 2.97. The van der Waals surface area contributed by atoms with Crippen LogP contribution in [0.4, 0.5) is 20.2 Å². The summed E-state index contributed by atoms with van der Waals surface area (Å²) in [5.74, 6) is -1.28. The van der Waals surface area contributed by atoms with Crippen molar-refractivity contribution < 1.29 is 8.78 Å². The number of anilines is 2. The van der Waals surface area contributed by atoms with Crippen molar-refractivity contribution in [3.05, 3.63) is 23.8 Å². The van der Waals surface area contributed by atoms with Gasteiger partial charge in [-0.3, -0.25) is 0 Å².